The number of carbonyl (C=O) groups is 4. The van der Waals surface area contributed by atoms with Crippen molar-refractivity contribution in [1.82, 2.24) is 9.80 Å². The molecule has 4 amide bonds. The number of hydrogen-bond donors (Lipinski definition) is 1. The van der Waals surface area contributed by atoms with E-state index in [4.69, 9.17) is 4.74 Å². The lowest BCUT2D eigenvalue weighted by Crippen LogP contribution is -2.61. The van der Waals surface area contributed by atoms with Crippen molar-refractivity contribution >= 4 is 35.2 Å². The number of amides is 4. The number of nitrogens with zero attached hydrogens (tertiary/aromatic N) is 4. The highest BCUT2D eigenvalue weighted by atomic mass is 19.1. The molecule has 2 aromatic rings. The minimum Gasteiger partial charge on any atom is -0.448 e. The second-order valence-corrected chi connectivity index (χ2v) is 12.7. The molecule has 1 spiro atoms. The second-order valence-electron chi connectivity index (χ2n) is 12.7. The number of nitriles is 1. The van der Waals surface area contributed by atoms with Crippen molar-refractivity contribution in [3.8, 4) is 6.07 Å². The zero-order valence-electron chi connectivity index (χ0n) is 23.7. The highest BCUT2D eigenvalue weighted by Crippen LogP contribution is 2.47. The summed E-state index contributed by atoms with van der Waals surface area (Å²) in [6, 6.07) is 10.6. The Morgan fingerprint density at radius 3 is 2.67 bits per heavy atom. The third-order valence-electron chi connectivity index (χ3n) is 8.73. The van der Waals surface area contributed by atoms with Crippen molar-refractivity contribution in [3.63, 3.8) is 0 Å². The van der Waals surface area contributed by atoms with Crippen LogP contribution in [0.5, 0.6) is 0 Å². The highest BCUT2D eigenvalue weighted by Gasteiger charge is 2.57. The SMILES string of the molecule is CC(C)(C)C[C@@H](C(=O)N1C[C@]2(C[C@H]1C#N)C(=O)Nc1ccccc12)N1C(=O)[C@@H](N2CCOC2=O)Cc2ccc(F)cc21. The zero-order chi connectivity index (χ0) is 30.0. The molecule has 4 aliphatic heterocycles. The Kier molecular flexibility index (Phi) is 6.48. The zero-order valence-corrected chi connectivity index (χ0v) is 23.7. The number of carbonyl (C=O) groups excluding carboxylic acids is 4. The summed E-state index contributed by atoms with van der Waals surface area (Å²) < 4.78 is 19.8. The third kappa shape index (κ3) is 4.37. The van der Waals surface area contributed by atoms with Gasteiger partial charge in [-0.3, -0.25) is 24.2 Å². The Balaban J connectivity index is 1.43. The summed E-state index contributed by atoms with van der Waals surface area (Å²) in [5, 5.41) is 13.1. The van der Waals surface area contributed by atoms with Crippen LogP contribution in [-0.2, 0) is 31.0 Å². The molecule has 4 heterocycles. The van der Waals surface area contributed by atoms with Crippen LogP contribution >= 0.6 is 0 Å². The molecule has 0 saturated carbocycles. The van der Waals surface area contributed by atoms with E-state index in [1.165, 1.54) is 26.8 Å². The minimum absolute atomic E-state index is 0.0343. The minimum atomic E-state index is -1.12. The van der Waals surface area contributed by atoms with Gasteiger partial charge >= 0.3 is 6.09 Å². The Hall–Kier alpha value is -4.46. The monoisotopic (exact) mass is 573 g/mol. The maximum absolute atomic E-state index is 14.7. The first kappa shape index (κ1) is 27.7. The fraction of sp³-hybridized carbons (Fsp3) is 0.452. The van der Waals surface area contributed by atoms with Gasteiger partial charge in [0.15, 0.2) is 0 Å². The number of likely N-dealkylation sites (tertiary alicyclic amines) is 1. The first-order valence-electron chi connectivity index (χ1n) is 14.1. The first-order valence-corrected chi connectivity index (χ1v) is 14.1. The van der Waals surface area contributed by atoms with E-state index in [1.54, 1.807) is 12.1 Å². The number of fused-ring (bicyclic) bond motifs is 3. The molecule has 218 valence electrons. The summed E-state index contributed by atoms with van der Waals surface area (Å²) in [6.45, 7) is 6.11. The topological polar surface area (TPSA) is 123 Å². The van der Waals surface area contributed by atoms with E-state index in [1.807, 2.05) is 39.0 Å². The number of hydrogen-bond acceptors (Lipinski definition) is 6. The Morgan fingerprint density at radius 1 is 1.21 bits per heavy atom. The number of benzene rings is 2. The number of halogens is 1. The maximum Gasteiger partial charge on any atom is 0.410 e. The van der Waals surface area contributed by atoms with Crippen LogP contribution in [0.1, 0.15) is 44.7 Å². The van der Waals surface area contributed by atoms with Crippen molar-refractivity contribution in [3.05, 3.63) is 59.4 Å². The standard InChI is InChI=1S/C31H32FN5O5/c1-30(2,3)15-25(26(38)36-17-31(14-20(36)16-33)21-6-4-5-7-22(21)34-28(31)40)37-23-13-19(32)9-8-18(23)12-24(27(37)39)35-10-11-42-29(35)41/h4-9,13,20,24-25H,10-12,14-15,17H2,1-3H3,(H,34,40)/t20-,24-,25-,31-/m0/s1. The van der Waals surface area contributed by atoms with Crippen LogP contribution in [0.2, 0.25) is 0 Å². The van der Waals surface area contributed by atoms with Crippen LogP contribution in [0.15, 0.2) is 42.5 Å². The van der Waals surface area contributed by atoms with E-state index >= 15 is 0 Å². The fourth-order valence-electron chi connectivity index (χ4n) is 6.81. The lowest BCUT2D eigenvalue weighted by atomic mass is 9.80. The van der Waals surface area contributed by atoms with Crippen LogP contribution in [0.4, 0.5) is 20.6 Å². The van der Waals surface area contributed by atoms with E-state index in [-0.39, 0.29) is 50.6 Å². The molecule has 4 atom stereocenters. The summed E-state index contributed by atoms with van der Waals surface area (Å²) in [7, 11) is 0. The summed E-state index contributed by atoms with van der Waals surface area (Å²) in [5.74, 6) is -1.86. The van der Waals surface area contributed by atoms with Crippen LogP contribution < -0.4 is 10.2 Å². The van der Waals surface area contributed by atoms with E-state index in [2.05, 4.69) is 11.4 Å². The molecule has 2 fully saturated rings. The van der Waals surface area contributed by atoms with Gasteiger partial charge < -0.3 is 15.0 Å². The van der Waals surface area contributed by atoms with Crippen LogP contribution in [-0.4, -0.2) is 71.4 Å². The normalized spacial score (nSPS) is 25.7. The van der Waals surface area contributed by atoms with E-state index in [9.17, 15) is 28.8 Å². The van der Waals surface area contributed by atoms with Crippen molar-refractivity contribution in [1.29, 1.82) is 5.26 Å². The molecule has 1 N–H and O–H groups in total. The number of nitrogens with one attached hydrogen (secondary N) is 1. The molecular weight excluding hydrogens is 541 g/mol. The number of rotatable bonds is 4. The molecule has 10 nitrogen and oxygen atoms in total. The predicted molar refractivity (Wildman–Crippen MR) is 150 cm³/mol. The van der Waals surface area contributed by atoms with E-state index in [0.717, 1.165) is 5.56 Å². The third-order valence-corrected chi connectivity index (χ3v) is 8.73. The fourth-order valence-corrected chi connectivity index (χ4v) is 6.81. The lowest BCUT2D eigenvalue weighted by Gasteiger charge is -2.43. The summed E-state index contributed by atoms with van der Waals surface area (Å²) in [6.07, 6.45) is -0.160. The van der Waals surface area contributed by atoms with Crippen molar-refractivity contribution in [2.75, 3.05) is 29.9 Å². The molecule has 42 heavy (non-hydrogen) atoms. The first-order chi connectivity index (χ1) is 19.9. The summed E-state index contributed by atoms with van der Waals surface area (Å²) >= 11 is 0. The van der Waals surface area contributed by atoms with Gasteiger partial charge in [0.05, 0.1) is 23.7 Å². The molecule has 0 unspecified atom stereocenters. The van der Waals surface area contributed by atoms with E-state index in [0.29, 0.717) is 11.3 Å². The second kappa shape index (κ2) is 9.82. The molecule has 11 heteroatoms. The Labute approximate surface area is 243 Å². The summed E-state index contributed by atoms with van der Waals surface area (Å²) in [4.78, 5) is 58.8. The molecular formula is C31H32FN5O5. The molecule has 0 aliphatic carbocycles. The number of ether oxygens (including phenoxy) is 1. The van der Waals surface area contributed by atoms with Crippen LogP contribution in [0.3, 0.4) is 0 Å². The molecule has 4 aliphatic rings. The quantitative estimate of drug-likeness (QED) is 0.599. The molecule has 0 radical (unpaired) electrons. The largest absolute Gasteiger partial charge is 0.448 e. The van der Waals surface area contributed by atoms with Crippen molar-refractivity contribution < 1.29 is 28.3 Å². The molecule has 2 saturated heterocycles. The van der Waals surface area contributed by atoms with Gasteiger partial charge in [-0.25, -0.2) is 9.18 Å². The Bertz CT molecular complexity index is 1550. The Morgan fingerprint density at radius 2 is 1.98 bits per heavy atom. The average Bonchev–Trinajstić information content (AvgIpc) is 3.62. The van der Waals surface area contributed by atoms with Gasteiger partial charge in [0.25, 0.3) is 5.91 Å². The smallest absolute Gasteiger partial charge is 0.410 e. The van der Waals surface area contributed by atoms with E-state index < -0.39 is 52.7 Å². The number of para-hydroxylation sites is 1. The van der Waals surface area contributed by atoms with Gasteiger partial charge in [-0.2, -0.15) is 5.26 Å². The van der Waals surface area contributed by atoms with Crippen molar-refractivity contribution in [2.45, 2.75) is 63.6 Å². The van der Waals surface area contributed by atoms with Gasteiger partial charge in [0.2, 0.25) is 11.8 Å². The van der Waals surface area contributed by atoms with Crippen LogP contribution in [0.25, 0.3) is 0 Å². The van der Waals surface area contributed by atoms with Crippen LogP contribution in [0, 0.1) is 22.6 Å². The average molecular weight is 574 g/mol. The predicted octanol–water partition coefficient (Wildman–Crippen LogP) is 3.35. The number of cyclic esters (lactones) is 1. The lowest BCUT2D eigenvalue weighted by molar-refractivity contribution is -0.136. The van der Waals surface area contributed by atoms with Gasteiger partial charge in [-0.1, -0.05) is 45.0 Å². The molecule has 2 aromatic carbocycles. The van der Waals surface area contributed by atoms with Gasteiger partial charge in [0.1, 0.15) is 30.5 Å². The van der Waals surface area contributed by atoms with Gasteiger partial charge in [-0.15, -0.1) is 0 Å². The maximum atomic E-state index is 14.7. The van der Waals surface area contributed by atoms with Gasteiger partial charge in [-0.05, 0) is 41.2 Å². The van der Waals surface area contributed by atoms with Gasteiger partial charge in [0, 0.05) is 25.1 Å². The molecule has 6 rings (SSSR count). The summed E-state index contributed by atoms with van der Waals surface area (Å²) in [5.41, 5.74) is 0.688. The number of anilines is 2. The molecule has 0 bridgehead atoms. The van der Waals surface area contributed by atoms with Crippen molar-refractivity contribution in [2.24, 2.45) is 5.41 Å². The molecule has 0 aromatic heterocycles. The highest BCUT2D eigenvalue weighted by molar-refractivity contribution is 6.09.